The average Bonchev–Trinajstić information content (AvgIpc) is 2.29. The SMILES string of the molecule is CCOCOc1cc(OC)ccc1[C@@H](C)N. The predicted molar refractivity (Wildman–Crippen MR) is 62.7 cm³/mol. The van der Waals surface area contributed by atoms with E-state index in [-0.39, 0.29) is 12.8 Å². The number of hydrogen-bond donors (Lipinski definition) is 1. The van der Waals surface area contributed by atoms with E-state index in [1.807, 2.05) is 32.0 Å². The number of nitrogens with two attached hydrogens (primary N) is 1. The Kier molecular flexibility index (Phi) is 5.08. The maximum absolute atomic E-state index is 5.85. The summed E-state index contributed by atoms with van der Waals surface area (Å²) in [6.07, 6.45) is 0. The highest BCUT2D eigenvalue weighted by molar-refractivity contribution is 5.42. The van der Waals surface area contributed by atoms with Gasteiger partial charge in [0.1, 0.15) is 11.5 Å². The van der Waals surface area contributed by atoms with Crippen molar-refractivity contribution in [2.75, 3.05) is 20.5 Å². The first kappa shape index (κ1) is 12.8. The second-order valence-electron chi connectivity index (χ2n) is 3.45. The van der Waals surface area contributed by atoms with Gasteiger partial charge in [-0.25, -0.2) is 0 Å². The molecule has 0 fully saturated rings. The summed E-state index contributed by atoms with van der Waals surface area (Å²) in [4.78, 5) is 0. The lowest BCUT2D eigenvalue weighted by molar-refractivity contribution is 0.0216. The van der Waals surface area contributed by atoms with E-state index in [0.717, 1.165) is 11.3 Å². The molecule has 0 unspecified atom stereocenters. The van der Waals surface area contributed by atoms with Crippen LogP contribution in [0, 0.1) is 0 Å². The van der Waals surface area contributed by atoms with Crippen LogP contribution in [0.25, 0.3) is 0 Å². The van der Waals surface area contributed by atoms with E-state index in [0.29, 0.717) is 12.4 Å². The monoisotopic (exact) mass is 225 g/mol. The summed E-state index contributed by atoms with van der Waals surface area (Å²) in [5, 5.41) is 0. The van der Waals surface area contributed by atoms with E-state index in [2.05, 4.69) is 0 Å². The first-order valence-corrected chi connectivity index (χ1v) is 5.33. The molecule has 0 spiro atoms. The van der Waals surface area contributed by atoms with Gasteiger partial charge in [-0.3, -0.25) is 0 Å². The fourth-order valence-electron chi connectivity index (χ4n) is 1.33. The minimum absolute atomic E-state index is 0.0810. The van der Waals surface area contributed by atoms with Crippen molar-refractivity contribution in [1.29, 1.82) is 0 Å². The van der Waals surface area contributed by atoms with Gasteiger partial charge in [-0.05, 0) is 19.9 Å². The van der Waals surface area contributed by atoms with Gasteiger partial charge in [-0.15, -0.1) is 0 Å². The second-order valence-corrected chi connectivity index (χ2v) is 3.45. The summed E-state index contributed by atoms with van der Waals surface area (Å²) in [6, 6.07) is 5.51. The number of benzene rings is 1. The normalized spacial score (nSPS) is 12.2. The van der Waals surface area contributed by atoms with Crippen LogP contribution in [0.2, 0.25) is 0 Å². The topological polar surface area (TPSA) is 53.7 Å². The van der Waals surface area contributed by atoms with Crippen molar-refractivity contribution in [2.45, 2.75) is 19.9 Å². The van der Waals surface area contributed by atoms with Gasteiger partial charge >= 0.3 is 0 Å². The molecular formula is C12H19NO3. The van der Waals surface area contributed by atoms with Gasteiger partial charge in [0.15, 0.2) is 6.79 Å². The zero-order valence-electron chi connectivity index (χ0n) is 10.0. The van der Waals surface area contributed by atoms with Crippen LogP contribution in [0.1, 0.15) is 25.5 Å². The third kappa shape index (κ3) is 3.40. The second kappa shape index (κ2) is 6.35. The molecule has 0 radical (unpaired) electrons. The largest absolute Gasteiger partial charge is 0.497 e. The summed E-state index contributed by atoms with van der Waals surface area (Å²) < 4.78 is 15.8. The minimum atomic E-state index is -0.0810. The molecule has 4 heteroatoms. The molecule has 4 nitrogen and oxygen atoms in total. The van der Waals surface area contributed by atoms with Crippen molar-refractivity contribution in [3.63, 3.8) is 0 Å². The molecular weight excluding hydrogens is 206 g/mol. The summed E-state index contributed by atoms with van der Waals surface area (Å²) >= 11 is 0. The number of rotatable bonds is 6. The number of hydrogen-bond acceptors (Lipinski definition) is 4. The summed E-state index contributed by atoms with van der Waals surface area (Å²) in [7, 11) is 1.62. The molecule has 0 saturated carbocycles. The fraction of sp³-hybridized carbons (Fsp3) is 0.500. The number of ether oxygens (including phenoxy) is 3. The Hall–Kier alpha value is -1.26. The summed E-state index contributed by atoms with van der Waals surface area (Å²) in [6.45, 7) is 4.68. The summed E-state index contributed by atoms with van der Waals surface area (Å²) in [5.41, 5.74) is 6.79. The van der Waals surface area contributed by atoms with Crippen molar-refractivity contribution >= 4 is 0 Å². The van der Waals surface area contributed by atoms with Crippen LogP contribution in [-0.4, -0.2) is 20.5 Å². The zero-order valence-corrected chi connectivity index (χ0v) is 10.0. The molecule has 16 heavy (non-hydrogen) atoms. The number of methoxy groups -OCH3 is 1. The molecule has 1 atom stereocenters. The van der Waals surface area contributed by atoms with Crippen molar-refractivity contribution in [2.24, 2.45) is 5.73 Å². The Morgan fingerprint density at radius 3 is 2.69 bits per heavy atom. The van der Waals surface area contributed by atoms with Crippen molar-refractivity contribution in [1.82, 2.24) is 0 Å². The third-order valence-corrected chi connectivity index (χ3v) is 2.21. The van der Waals surface area contributed by atoms with E-state index in [9.17, 15) is 0 Å². The molecule has 0 amide bonds. The Labute approximate surface area is 96.3 Å². The van der Waals surface area contributed by atoms with Crippen molar-refractivity contribution in [3.05, 3.63) is 23.8 Å². The van der Waals surface area contributed by atoms with Crippen LogP contribution in [0.5, 0.6) is 11.5 Å². The van der Waals surface area contributed by atoms with Gasteiger partial charge in [0.25, 0.3) is 0 Å². The van der Waals surface area contributed by atoms with Gasteiger partial charge in [0, 0.05) is 24.3 Å². The zero-order chi connectivity index (χ0) is 12.0. The lowest BCUT2D eigenvalue weighted by Gasteiger charge is -2.14. The third-order valence-electron chi connectivity index (χ3n) is 2.21. The van der Waals surface area contributed by atoms with Crippen molar-refractivity contribution in [3.8, 4) is 11.5 Å². The Morgan fingerprint density at radius 2 is 2.12 bits per heavy atom. The molecule has 0 heterocycles. The Morgan fingerprint density at radius 1 is 1.38 bits per heavy atom. The Balaban J connectivity index is 2.83. The lowest BCUT2D eigenvalue weighted by Crippen LogP contribution is -2.10. The molecule has 0 aliphatic rings. The molecule has 1 aromatic rings. The quantitative estimate of drug-likeness (QED) is 0.595. The highest BCUT2D eigenvalue weighted by Gasteiger charge is 2.09. The minimum Gasteiger partial charge on any atom is -0.497 e. The predicted octanol–water partition coefficient (Wildman–Crippen LogP) is 2.09. The van der Waals surface area contributed by atoms with E-state index in [1.54, 1.807) is 7.11 Å². The van der Waals surface area contributed by atoms with Gasteiger partial charge < -0.3 is 19.9 Å². The van der Waals surface area contributed by atoms with Gasteiger partial charge in [-0.2, -0.15) is 0 Å². The lowest BCUT2D eigenvalue weighted by atomic mass is 10.1. The first-order chi connectivity index (χ1) is 7.69. The molecule has 1 aromatic carbocycles. The maximum atomic E-state index is 5.85. The van der Waals surface area contributed by atoms with Crippen LogP contribution in [0.4, 0.5) is 0 Å². The van der Waals surface area contributed by atoms with E-state index in [4.69, 9.17) is 19.9 Å². The Bertz CT molecular complexity index is 326. The molecule has 0 aromatic heterocycles. The molecule has 90 valence electrons. The van der Waals surface area contributed by atoms with Crippen LogP contribution < -0.4 is 15.2 Å². The molecule has 2 N–H and O–H groups in total. The highest BCUT2D eigenvalue weighted by atomic mass is 16.7. The van der Waals surface area contributed by atoms with Gasteiger partial charge in [0.2, 0.25) is 0 Å². The molecule has 0 saturated heterocycles. The van der Waals surface area contributed by atoms with Gasteiger partial charge in [-0.1, -0.05) is 6.07 Å². The molecule has 1 rings (SSSR count). The smallest absolute Gasteiger partial charge is 0.189 e. The van der Waals surface area contributed by atoms with Crippen LogP contribution >= 0.6 is 0 Å². The van der Waals surface area contributed by atoms with Crippen LogP contribution in [0.3, 0.4) is 0 Å². The van der Waals surface area contributed by atoms with Gasteiger partial charge in [0.05, 0.1) is 7.11 Å². The fourth-order valence-corrected chi connectivity index (χ4v) is 1.33. The first-order valence-electron chi connectivity index (χ1n) is 5.33. The van der Waals surface area contributed by atoms with E-state index in [1.165, 1.54) is 0 Å². The standard InChI is InChI=1S/C12H19NO3/c1-4-15-8-16-12-7-10(14-3)5-6-11(12)9(2)13/h5-7,9H,4,8,13H2,1-3H3/t9-/m1/s1. The molecule has 0 bridgehead atoms. The average molecular weight is 225 g/mol. The van der Waals surface area contributed by atoms with E-state index >= 15 is 0 Å². The molecule has 0 aliphatic carbocycles. The van der Waals surface area contributed by atoms with E-state index < -0.39 is 0 Å². The highest BCUT2D eigenvalue weighted by Crippen LogP contribution is 2.28. The summed E-state index contributed by atoms with van der Waals surface area (Å²) in [5.74, 6) is 1.46. The van der Waals surface area contributed by atoms with Crippen LogP contribution in [-0.2, 0) is 4.74 Å². The molecule has 0 aliphatic heterocycles. The van der Waals surface area contributed by atoms with Crippen molar-refractivity contribution < 1.29 is 14.2 Å². The maximum Gasteiger partial charge on any atom is 0.189 e. The van der Waals surface area contributed by atoms with Crippen LogP contribution in [0.15, 0.2) is 18.2 Å².